The highest BCUT2D eigenvalue weighted by Crippen LogP contribution is 2.27. The van der Waals surface area contributed by atoms with Gasteiger partial charge in [-0.3, -0.25) is 9.48 Å². The molecule has 7 heteroatoms. The summed E-state index contributed by atoms with van der Waals surface area (Å²) in [6.45, 7) is 6.19. The Hall–Kier alpha value is -1.73. The molecule has 0 saturated heterocycles. The van der Waals surface area contributed by atoms with Crippen molar-refractivity contribution in [2.45, 2.75) is 39.7 Å². The molecular formula is C16H24N4O2S. The minimum Gasteiger partial charge on any atom is -0.391 e. The monoisotopic (exact) mass is 336 g/mol. The van der Waals surface area contributed by atoms with E-state index in [4.69, 9.17) is 0 Å². The molecule has 2 N–H and O–H groups in total. The van der Waals surface area contributed by atoms with Crippen molar-refractivity contribution in [2.75, 3.05) is 6.54 Å². The first kappa shape index (κ1) is 17.6. The lowest BCUT2D eigenvalue weighted by atomic mass is 9.96. The van der Waals surface area contributed by atoms with E-state index in [0.717, 1.165) is 23.4 Å². The second kappa shape index (κ2) is 7.70. The zero-order valence-electron chi connectivity index (χ0n) is 14.0. The second-order valence-corrected chi connectivity index (χ2v) is 6.69. The number of aromatic nitrogens is 3. The maximum atomic E-state index is 12.3. The Kier molecular flexibility index (Phi) is 5.90. The van der Waals surface area contributed by atoms with Gasteiger partial charge < -0.3 is 10.4 Å². The van der Waals surface area contributed by atoms with Crippen LogP contribution in [0.1, 0.15) is 42.1 Å². The molecule has 0 aliphatic rings. The summed E-state index contributed by atoms with van der Waals surface area (Å²) in [6.07, 6.45) is 4.89. The summed E-state index contributed by atoms with van der Waals surface area (Å²) in [7, 11) is 1.84. The molecule has 0 aliphatic heterocycles. The maximum absolute atomic E-state index is 12.3. The molecule has 1 unspecified atom stereocenters. The lowest BCUT2D eigenvalue weighted by Crippen LogP contribution is -2.36. The summed E-state index contributed by atoms with van der Waals surface area (Å²) in [4.78, 5) is 17.4. The van der Waals surface area contributed by atoms with Crippen LogP contribution in [0.3, 0.4) is 0 Å². The third kappa shape index (κ3) is 4.17. The molecule has 2 heterocycles. The minimum absolute atomic E-state index is 0.180. The first-order valence-corrected chi connectivity index (χ1v) is 8.70. The molecule has 2 rings (SSSR count). The zero-order chi connectivity index (χ0) is 17.0. The van der Waals surface area contributed by atoms with Crippen LogP contribution in [0.5, 0.6) is 0 Å². The van der Waals surface area contributed by atoms with Gasteiger partial charge in [0.25, 0.3) is 5.91 Å². The van der Waals surface area contributed by atoms with Gasteiger partial charge in [0, 0.05) is 25.4 Å². The van der Waals surface area contributed by atoms with E-state index >= 15 is 0 Å². The van der Waals surface area contributed by atoms with Gasteiger partial charge in [0.15, 0.2) is 0 Å². The highest BCUT2D eigenvalue weighted by molar-refractivity contribution is 7.17. The van der Waals surface area contributed by atoms with Gasteiger partial charge in [0.2, 0.25) is 0 Å². The van der Waals surface area contributed by atoms with Crippen LogP contribution in [0.2, 0.25) is 0 Å². The molecule has 0 radical (unpaired) electrons. The predicted molar refractivity (Wildman–Crippen MR) is 91.5 cm³/mol. The Bertz CT molecular complexity index is 661. The van der Waals surface area contributed by atoms with Crippen LogP contribution in [-0.2, 0) is 7.05 Å². The van der Waals surface area contributed by atoms with Gasteiger partial charge >= 0.3 is 0 Å². The van der Waals surface area contributed by atoms with E-state index in [1.165, 1.54) is 11.3 Å². The molecule has 0 spiro atoms. The molecule has 0 aromatic carbocycles. The van der Waals surface area contributed by atoms with E-state index in [0.29, 0.717) is 10.6 Å². The third-order valence-electron chi connectivity index (χ3n) is 4.02. The second-order valence-electron chi connectivity index (χ2n) is 5.69. The number of hydrogen-bond acceptors (Lipinski definition) is 5. The standard InChI is InChI=1S/C16H24N4O2S/c1-5-11(6-2)13(21)8-17-15(22)14-10(3)19-16(23-14)12-7-18-20(4)9-12/h7,9,11,13,21H,5-6,8H2,1-4H3,(H,17,22). The van der Waals surface area contributed by atoms with E-state index in [1.807, 2.05) is 34.0 Å². The number of aliphatic hydroxyl groups excluding tert-OH is 1. The van der Waals surface area contributed by atoms with Crippen LogP contribution in [0.15, 0.2) is 12.4 Å². The molecule has 23 heavy (non-hydrogen) atoms. The molecule has 126 valence electrons. The summed E-state index contributed by atoms with van der Waals surface area (Å²) in [5.41, 5.74) is 1.60. The molecule has 0 saturated carbocycles. The minimum atomic E-state index is -0.514. The van der Waals surface area contributed by atoms with Crippen molar-refractivity contribution >= 4 is 17.2 Å². The predicted octanol–water partition coefficient (Wildman–Crippen LogP) is 2.38. The SMILES string of the molecule is CCC(CC)C(O)CNC(=O)c1sc(-c2cnn(C)c2)nc1C. The van der Waals surface area contributed by atoms with Gasteiger partial charge in [0.1, 0.15) is 9.88 Å². The topological polar surface area (TPSA) is 80.0 Å². The summed E-state index contributed by atoms with van der Waals surface area (Å²) < 4.78 is 1.71. The van der Waals surface area contributed by atoms with Crippen molar-refractivity contribution in [1.29, 1.82) is 0 Å². The number of thiazole rings is 1. The highest BCUT2D eigenvalue weighted by Gasteiger charge is 2.20. The van der Waals surface area contributed by atoms with Crippen molar-refractivity contribution in [1.82, 2.24) is 20.1 Å². The lowest BCUT2D eigenvalue weighted by Gasteiger charge is -2.20. The number of carbonyl (C=O) groups excluding carboxylic acids is 1. The van der Waals surface area contributed by atoms with Gasteiger partial charge in [-0.15, -0.1) is 11.3 Å². The fourth-order valence-electron chi connectivity index (χ4n) is 2.54. The van der Waals surface area contributed by atoms with Gasteiger partial charge in [-0.1, -0.05) is 26.7 Å². The lowest BCUT2D eigenvalue weighted by molar-refractivity contribution is 0.0819. The molecule has 2 aromatic heterocycles. The summed E-state index contributed by atoms with van der Waals surface area (Å²) in [5.74, 6) is 0.0314. The van der Waals surface area contributed by atoms with E-state index in [1.54, 1.807) is 10.9 Å². The highest BCUT2D eigenvalue weighted by atomic mass is 32.1. The molecule has 2 aromatic rings. The van der Waals surface area contributed by atoms with Crippen LogP contribution < -0.4 is 5.32 Å². The molecule has 0 fully saturated rings. The molecule has 1 amide bonds. The quantitative estimate of drug-likeness (QED) is 0.813. The Balaban J connectivity index is 2.04. The van der Waals surface area contributed by atoms with Crippen molar-refractivity contribution in [3.63, 3.8) is 0 Å². The molecule has 6 nitrogen and oxygen atoms in total. The normalized spacial score (nSPS) is 12.6. The number of nitrogens with one attached hydrogen (secondary N) is 1. The third-order valence-corrected chi connectivity index (χ3v) is 5.22. The summed E-state index contributed by atoms with van der Waals surface area (Å²) in [6, 6.07) is 0. The first-order chi connectivity index (χ1) is 11.0. The number of nitrogens with zero attached hydrogens (tertiary/aromatic N) is 3. The van der Waals surface area contributed by atoms with Gasteiger partial charge in [-0.25, -0.2) is 4.98 Å². The van der Waals surface area contributed by atoms with Crippen molar-refractivity contribution in [3.8, 4) is 10.6 Å². The van der Waals surface area contributed by atoms with Crippen LogP contribution in [-0.4, -0.2) is 38.4 Å². The zero-order valence-corrected chi connectivity index (χ0v) is 14.9. The van der Waals surface area contributed by atoms with Crippen molar-refractivity contribution < 1.29 is 9.90 Å². The first-order valence-electron chi connectivity index (χ1n) is 7.88. The van der Waals surface area contributed by atoms with Gasteiger partial charge in [-0.2, -0.15) is 5.10 Å². The maximum Gasteiger partial charge on any atom is 0.263 e. The molecule has 0 aliphatic carbocycles. The average Bonchev–Trinajstić information content (AvgIpc) is 3.12. The van der Waals surface area contributed by atoms with Gasteiger partial charge in [0.05, 0.1) is 18.0 Å². The van der Waals surface area contributed by atoms with Crippen LogP contribution in [0.4, 0.5) is 0 Å². The van der Waals surface area contributed by atoms with Crippen molar-refractivity contribution in [3.05, 3.63) is 23.0 Å². The molecule has 1 atom stereocenters. The van der Waals surface area contributed by atoms with E-state index in [2.05, 4.69) is 15.4 Å². The Morgan fingerprint density at radius 2 is 2.13 bits per heavy atom. The fourth-order valence-corrected chi connectivity index (χ4v) is 3.50. The fraction of sp³-hybridized carbons (Fsp3) is 0.562. The van der Waals surface area contributed by atoms with Crippen LogP contribution in [0.25, 0.3) is 10.6 Å². The van der Waals surface area contributed by atoms with Crippen LogP contribution in [0, 0.1) is 12.8 Å². The molecule has 0 bridgehead atoms. The summed E-state index contributed by atoms with van der Waals surface area (Å²) in [5, 5.41) is 17.8. The van der Waals surface area contributed by atoms with Crippen molar-refractivity contribution in [2.24, 2.45) is 13.0 Å². The van der Waals surface area contributed by atoms with E-state index in [9.17, 15) is 9.90 Å². The summed E-state index contributed by atoms with van der Waals surface area (Å²) >= 11 is 1.35. The van der Waals surface area contributed by atoms with Gasteiger partial charge in [-0.05, 0) is 12.8 Å². The Morgan fingerprint density at radius 1 is 1.43 bits per heavy atom. The number of aliphatic hydroxyl groups is 1. The Morgan fingerprint density at radius 3 is 2.70 bits per heavy atom. The number of carbonyl (C=O) groups is 1. The largest absolute Gasteiger partial charge is 0.391 e. The Labute approximate surface area is 140 Å². The van der Waals surface area contributed by atoms with E-state index < -0.39 is 6.10 Å². The average molecular weight is 336 g/mol. The smallest absolute Gasteiger partial charge is 0.263 e. The number of rotatable bonds is 7. The number of hydrogen-bond donors (Lipinski definition) is 2. The molecular weight excluding hydrogens is 312 g/mol. The van der Waals surface area contributed by atoms with E-state index in [-0.39, 0.29) is 18.4 Å². The van der Waals surface area contributed by atoms with Crippen LogP contribution >= 0.6 is 11.3 Å². The number of aryl methyl sites for hydroxylation is 2. The number of amides is 1.